The molecule has 0 bridgehead atoms. The SMILES string of the molecule is C[C@@H]1CC[C@@H](C(=O)O)N(C(=O)OC(C)(C)C)C1.C[C@H]1CC[C@H](C(=O)O)N(C(=O)OC(C)(C)C)C1. The highest BCUT2D eigenvalue weighted by Gasteiger charge is 2.38. The Balaban J connectivity index is 0.000000340. The van der Waals surface area contributed by atoms with E-state index in [1.165, 1.54) is 9.80 Å². The van der Waals surface area contributed by atoms with Gasteiger partial charge in [-0.25, -0.2) is 19.2 Å². The average molecular weight is 487 g/mol. The first-order chi connectivity index (χ1) is 15.4. The molecule has 2 N–H and O–H groups in total. The summed E-state index contributed by atoms with van der Waals surface area (Å²) in [6, 6.07) is -1.50. The van der Waals surface area contributed by atoms with Crippen molar-refractivity contribution in [3.8, 4) is 0 Å². The summed E-state index contributed by atoms with van der Waals surface area (Å²) in [6.45, 7) is 15.6. The monoisotopic (exact) mass is 486 g/mol. The lowest BCUT2D eigenvalue weighted by molar-refractivity contribution is -0.145. The highest BCUT2D eigenvalue weighted by Crippen LogP contribution is 2.25. The van der Waals surface area contributed by atoms with Gasteiger partial charge in [0.05, 0.1) is 0 Å². The number of aliphatic carboxylic acids is 2. The molecule has 10 nitrogen and oxygen atoms in total. The molecule has 2 heterocycles. The van der Waals surface area contributed by atoms with E-state index in [0.717, 1.165) is 12.8 Å². The Hall–Kier alpha value is -2.52. The zero-order chi connectivity index (χ0) is 26.4. The molecule has 0 aliphatic carbocycles. The van der Waals surface area contributed by atoms with Crippen LogP contribution in [0, 0.1) is 11.8 Å². The Kier molecular flexibility index (Phi) is 10.2. The fourth-order valence-electron chi connectivity index (χ4n) is 3.86. The molecule has 4 atom stereocenters. The Bertz CT molecular complexity index is 678. The highest BCUT2D eigenvalue weighted by molar-refractivity contribution is 5.81. The molecule has 2 fully saturated rings. The summed E-state index contributed by atoms with van der Waals surface area (Å²) in [5, 5.41) is 18.2. The van der Waals surface area contributed by atoms with E-state index in [1.807, 2.05) is 13.8 Å². The quantitative estimate of drug-likeness (QED) is 0.593. The normalized spacial score (nSPS) is 25.5. The molecule has 2 aliphatic rings. The molecule has 2 amide bonds. The van der Waals surface area contributed by atoms with Crippen molar-refractivity contribution >= 4 is 24.1 Å². The van der Waals surface area contributed by atoms with Gasteiger partial charge in [0, 0.05) is 13.1 Å². The Morgan fingerprint density at radius 1 is 0.647 bits per heavy atom. The van der Waals surface area contributed by atoms with Crippen LogP contribution in [0.5, 0.6) is 0 Å². The van der Waals surface area contributed by atoms with E-state index in [2.05, 4.69) is 0 Å². The first-order valence-electron chi connectivity index (χ1n) is 11.9. The van der Waals surface area contributed by atoms with E-state index in [4.69, 9.17) is 19.7 Å². The van der Waals surface area contributed by atoms with Gasteiger partial charge in [-0.2, -0.15) is 0 Å². The molecule has 0 saturated carbocycles. The van der Waals surface area contributed by atoms with Crippen molar-refractivity contribution in [1.29, 1.82) is 0 Å². The van der Waals surface area contributed by atoms with E-state index < -0.39 is 47.4 Å². The van der Waals surface area contributed by atoms with Crippen molar-refractivity contribution in [2.45, 2.75) is 104 Å². The van der Waals surface area contributed by atoms with Crippen LogP contribution in [-0.4, -0.2) is 80.5 Å². The van der Waals surface area contributed by atoms with Crippen LogP contribution in [-0.2, 0) is 19.1 Å². The number of likely N-dealkylation sites (tertiary alicyclic amines) is 2. The molecule has 2 saturated heterocycles. The van der Waals surface area contributed by atoms with Crippen LogP contribution in [0.2, 0.25) is 0 Å². The summed E-state index contributed by atoms with van der Waals surface area (Å²) in [4.78, 5) is 48.7. The molecule has 2 rings (SSSR count). The molecule has 0 aromatic carbocycles. The van der Waals surface area contributed by atoms with Gasteiger partial charge in [0.1, 0.15) is 23.3 Å². The summed E-state index contributed by atoms with van der Waals surface area (Å²) in [5.74, 6) is -1.28. The van der Waals surface area contributed by atoms with Gasteiger partial charge < -0.3 is 19.7 Å². The first-order valence-corrected chi connectivity index (χ1v) is 11.9. The number of carboxylic acids is 2. The maximum absolute atomic E-state index is 11.9. The number of rotatable bonds is 2. The molecule has 0 radical (unpaired) electrons. The fraction of sp³-hybridized carbons (Fsp3) is 0.833. The van der Waals surface area contributed by atoms with Crippen LogP contribution in [0.25, 0.3) is 0 Å². The van der Waals surface area contributed by atoms with E-state index >= 15 is 0 Å². The van der Waals surface area contributed by atoms with Crippen LogP contribution in [0.3, 0.4) is 0 Å². The van der Waals surface area contributed by atoms with Crippen LogP contribution >= 0.6 is 0 Å². The van der Waals surface area contributed by atoms with E-state index in [-0.39, 0.29) is 0 Å². The predicted octanol–water partition coefficient (Wildman–Crippen LogP) is 4.21. The molecule has 0 spiro atoms. The fourth-order valence-corrected chi connectivity index (χ4v) is 3.86. The van der Waals surface area contributed by atoms with Gasteiger partial charge in [0.15, 0.2) is 0 Å². The summed E-state index contributed by atoms with van der Waals surface area (Å²) in [7, 11) is 0. The lowest BCUT2D eigenvalue weighted by Crippen LogP contribution is -2.51. The van der Waals surface area contributed by atoms with Crippen molar-refractivity contribution in [3.05, 3.63) is 0 Å². The number of amides is 2. The number of carboxylic acid groups (broad SMARTS) is 2. The standard InChI is InChI=1S/2C12H21NO4/c2*1-8-5-6-9(10(14)15)13(7-8)11(16)17-12(2,3)4/h2*8-9H,5-7H2,1-4H3,(H,14,15)/t2*8-,9+/m10/s1. The van der Waals surface area contributed by atoms with Gasteiger partial charge in [-0.3, -0.25) is 9.80 Å². The minimum atomic E-state index is -0.956. The number of carbonyl (C=O) groups is 4. The molecule has 0 aromatic heterocycles. The molecular weight excluding hydrogens is 444 g/mol. The minimum Gasteiger partial charge on any atom is -0.480 e. The predicted molar refractivity (Wildman–Crippen MR) is 126 cm³/mol. The Morgan fingerprint density at radius 2 is 0.941 bits per heavy atom. The van der Waals surface area contributed by atoms with Crippen molar-refractivity contribution < 1.29 is 38.9 Å². The van der Waals surface area contributed by atoms with Gasteiger partial charge in [0.2, 0.25) is 0 Å². The lowest BCUT2D eigenvalue weighted by atomic mass is 9.94. The van der Waals surface area contributed by atoms with Crippen LogP contribution in [0.4, 0.5) is 9.59 Å². The second-order valence-electron chi connectivity index (χ2n) is 11.3. The van der Waals surface area contributed by atoms with E-state index in [9.17, 15) is 19.2 Å². The first kappa shape index (κ1) is 29.5. The van der Waals surface area contributed by atoms with Crippen molar-refractivity contribution in [3.63, 3.8) is 0 Å². The number of nitrogens with zero attached hydrogens (tertiary/aromatic N) is 2. The molecule has 196 valence electrons. The highest BCUT2D eigenvalue weighted by atomic mass is 16.6. The van der Waals surface area contributed by atoms with Crippen LogP contribution < -0.4 is 0 Å². The average Bonchev–Trinajstić information content (AvgIpc) is 2.65. The maximum Gasteiger partial charge on any atom is 0.411 e. The van der Waals surface area contributed by atoms with Crippen LogP contribution in [0.1, 0.15) is 81.1 Å². The number of carbonyl (C=O) groups excluding carboxylic acids is 2. The summed E-state index contributed by atoms with van der Waals surface area (Å²) >= 11 is 0. The second-order valence-corrected chi connectivity index (χ2v) is 11.3. The van der Waals surface area contributed by atoms with Crippen molar-refractivity contribution in [2.75, 3.05) is 13.1 Å². The van der Waals surface area contributed by atoms with Crippen LogP contribution in [0.15, 0.2) is 0 Å². The molecule has 10 heteroatoms. The van der Waals surface area contributed by atoms with Gasteiger partial charge >= 0.3 is 24.1 Å². The number of hydrogen-bond donors (Lipinski definition) is 2. The lowest BCUT2D eigenvalue weighted by Gasteiger charge is -2.37. The summed E-state index contributed by atoms with van der Waals surface area (Å²) in [5.41, 5.74) is -1.19. The zero-order valence-electron chi connectivity index (χ0n) is 21.8. The smallest absolute Gasteiger partial charge is 0.411 e. The van der Waals surface area contributed by atoms with E-state index in [0.29, 0.717) is 37.8 Å². The maximum atomic E-state index is 11.9. The Labute approximate surface area is 202 Å². The van der Waals surface area contributed by atoms with Gasteiger partial charge in [0.25, 0.3) is 0 Å². The summed E-state index contributed by atoms with van der Waals surface area (Å²) in [6.07, 6.45) is 1.59. The molecule has 2 aliphatic heterocycles. The third-order valence-corrected chi connectivity index (χ3v) is 5.46. The third-order valence-electron chi connectivity index (χ3n) is 5.46. The van der Waals surface area contributed by atoms with E-state index in [1.54, 1.807) is 41.5 Å². The second kappa shape index (κ2) is 11.8. The summed E-state index contributed by atoms with van der Waals surface area (Å²) < 4.78 is 10.5. The number of piperidine rings is 2. The zero-order valence-corrected chi connectivity index (χ0v) is 21.8. The molecular formula is C24H42N2O8. The largest absolute Gasteiger partial charge is 0.480 e. The van der Waals surface area contributed by atoms with Crippen molar-refractivity contribution in [1.82, 2.24) is 9.80 Å². The van der Waals surface area contributed by atoms with Gasteiger partial charge in [-0.1, -0.05) is 13.8 Å². The third kappa shape index (κ3) is 9.77. The minimum absolute atomic E-state index is 0.318. The van der Waals surface area contributed by atoms with Gasteiger partial charge in [-0.15, -0.1) is 0 Å². The topological polar surface area (TPSA) is 134 Å². The van der Waals surface area contributed by atoms with Gasteiger partial charge in [-0.05, 0) is 79.1 Å². The number of hydrogen-bond acceptors (Lipinski definition) is 6. The molecule has 0 unspecified atom stereocenters. The molecule has 0 aromatic rings. The molecule has 34 heavy (non-hydrogen) atoms. The Morgan fingerprint density at radius 3 is 1.18 bits per heavy atom. The number of ether oxygens (including phenoxy) is 2. The van der Waals surface area contributed by atoms with Crippen molar-refractivity contribution in [2.24, 2.45) is 11.8 Å².